The molecular weight excluding hydrogens is 253 g/mol. The quantitative estimate of drug-likeness (QED) is 0.656. The zero-order chi connectivity index (χ0) is 8.27. The van der Waals surface area contributed by atoms with Crippen molar-refractivity contribution >= 4 is 22.6 Å². The predicted molar refractivity (Wildman–Crippen MR) is 53.7 cm³/mol. The van der Waals surface area contributed by atoms with Gasteiger partial charge in [-0.05, 0) is 6.92 Å². The summed E-state index contributed by atoms with van der Waals surface area (Å²) in [6, 6.07) is 0. The molecule has 0 unspecified atom stereocenters. The highest BCUT2D eigenvalue weighted by atomic mass is 127. The molecule has 0 aromatic carbocycles. The molecule has 11 heavy (non-hydrogen) atoms. The molecule has 0 spiro atoms. The van der Waals surface area contributed by atoms with Crippen LogP contribution in [0.3, 0.4) is 0 Å². The molecule has 0 radical (unpaired) electrons. The van der Waals surface area contributed by atoms with E-state index >= 15 is 0 Å². The Morgan fingerprint density at radius 2 is 2.45 bits per heavy atom. The molecule has 2 N–H and O–H groups in total. The van der Waals surface area contributed by atoms with E-state index in [0.29, 0.717) is 6.54 Å². The van der Waals surface area contributed by atoms with Gasteiger partial charge in [-0.15, -0.1) is 0 Å². The Morgan fingerprint density at radius 1 is 1.73 bits per heavy atom. The predicted octanol–water partition coefficient (Wildman–Crippen LogP) is 1.09. The maximum atomic E-state index is 5.44. The van der Waals surface area contributed by atoms with E-state index in [-0.39, 0.29) is 0 Å². The molecule has 0 aliphatic carbocycles. The highest BCUT2D eigenvalue weighted by Gasteiger charge is 2.01. The van der Waals surface area contributed by atoms with Gasteiger partial charge in [-0.3, -0.25) is 0 Å². The van der Waals surface area contributed by atoms with Gasteiger partial charge in [-0.1, -0.05) is 22.6 Å². The van der Waals surface area contributed by atoms with Crippen LogP contribution in [0.15, 0.2) is 6.20 Å². The number of alkyl halides is 1. The van der Waals surface area contributed by atoms with Gasteiger partial charge >= 0.3 is 0 Å². The minimum Gasteiger partial charge on any atom is -0.333 e. The van der Waals surface area contributed by atoms with Crippen LogP contribution < -0.4 is 5.73 Å². The average Bonchev–Trinajstić information content (AvgIpc) is 2.32. The van der Waals surface area contributed by atoms with Gasteiger partial charge in [0.1, 0.15) is 5.82 Å². The second kappa shape index (κ2) is 4.06. The second-order valence-electron chi connectivity index (χ2n) is 2.41. The Hall–Kier alpha value is -0.100. The Labute approximate surface area is 80.1 Å². The molecule has 0 fully saturated rings. The standard InChI is InChI=1S/C7H12IN3/c1-6-5-11(3-2-9)7(4-8)10-6/h5H,2-4,9H2,1H3. The van der Waals surface area contributed by atoms with E-state index < -0.39 is 0 Å². The van der Waals surface area contributed by atoms with Crippen molar-refractivity contribution in [1.29, 1.82) is 0 Å². The number of aromatic nitrogens is 2. The lowest BCUT2D eigenvalue weighted by Crippen LogP contribution is -2.10. The van der Waals surface area contributed by atoms with E-state index in [4.69, 9.17) is 5.73 Å². The third kappa shape index (κ3) is 2.16. The Bertz CT molecular complexity index is 232. The zero-order valence-corrected chi connectivity index (χ0v) is 8.71. The zero-order valence-electron chi connectivity index (χ0n) is 6.55. The number of hydrogen-bond donors (Lipinski definition) is 1. The van der Waals surface area contributed by atoms with Gasteiger partial charge in [-0.2, -0.15) is 0 Å². The first-order valence-electron chi connectivity index (χ1n) is 3.56. The molecule has 0 bridgehead atoms. The van der Waals surface area contributed by atoms with Crippen molar-refractivity contribution in [3.63, 3.8) is 0 Å². The summed E-state index contributed by atoms with van der Waals surface area (Å²) in [6.07, 6.45) is 2.04. The van der Waals surface area contributed by atoms with Crippen LogP contribution in [0, 0.1) is 6.92 Å². The van der Waals surface area contributed by atoms with Crippen molar-refractivity contribution in [1.82, 2.24) is 9.55 Å². The number of imidazole rings is 1. The lowest BCUT2D eigenvalue weighted by Gasteiger charge is -2.01. The van der Waals surface area contributed by atoms with Crippen LogP contribution in [0.5, 0.6) is 0 Å². The SMILES string of the molecule is Cc1cn(CCN)c(CI)n1. The summed E-state index contributed by atoms with van der Waals surface area (Å²) in [5.74, 6) is 1.12. The summed E-state index contributed by atoms with van der Waals surface area (Å²) in [5.41, 5.74) is 6.52. The third-order valence-electron chi connectivity index (χ3n) is 1.47. The summed E-state index contributed by atoms with van der Waals surface area (Å²) >= 11 is 2.31. The first-order chi connectivity index (χ1) is 5.27. The Morgan fingerprint density at radius 3 is 3.00 bits per heavy atom. The summed E-state index contributed by atoms with van der Waals surface area (Å²) in [5, 5.41) is 0. The molecule has 0 aliphatic rings. The minimum atomic E-state index is 0.680. The number of hydrogen-bond acceptors (Lipinski definition) is 2. The van der Waals surface area contributed by atoms with Gasteiger partial charge in [0.15, 0.2) is 0 Å². The fraction of sp³-hybridized carbons (Fsp3) is 0.571. The molecule has 0 atom stereocenters. The monoisotopic (exact) mass is 265 g/mol. The molecule has 1 aromatic rings. The van der Waals surface area contributed by atoms with E-state index in [2.05, 4.69) is 32.1 Å². The van der Waals surface area contributed by atoms with Crippen molar-refractivity contribution < 1.29 is 0 Å². The van der Waals surface area contributed by atoms with Crippen molar-refractivity contribution in [3.8, 4) is 0 Å². The molecule has 1 aromatic heterocycles. The number of aryl methyl sites for hydroxylation is 1. The van der Waals surface area contributed by atoms with E-state index in [9.17, 15) is 0 Å². The topological polar surface area (TPSA) is 43.8 Å². The number of nitrogens with two attached hydrogens (primary N) is 1. The Kier molecular flexibility index (Phi) is 3.32. The molecule has 3 nitrogen and oxygen atoms in total. The first-order valence-corrected chi connectivity index (χ1v) is 5.09. The van der Waals surface area contributed by atoms with Gasteiger partial charge in [0.05, 0.1) is 10.1 Å². The molecule has 0 aliphatic heterocycles. The van der Waals surface area contributed by atoms with Gasteiger partial charge in [0, 0.05) is 19.3 Å². The van der Waals surface area contributed by atoms with Crippen LogP contribution >= 0.6 is 22.6 Å². The molecule has 1 rings (SSSR count). The average molecular weight is 265 g/mol. The van der Waals surface area contributed by atoms with Crippen molar-refractivity contribution in [2.24, 2.45) is 5.73 Å². The van der Waals surface area contributed by atoms with E-state index in [1.807, 2.05) is 13.1 Å². The fourth-order valence-electron chi connectivity index (χ4n) is 1.04. The minimum absolute atomic E-state index is 0.680. The molecule has 1 heterocycles. The number of rotatable bonds is 3. The fourth-order valence-corrected chi connectivity index (χ4v) is 1.64. The van der Waals surface area contributed by atoms with Crippen LogP contribution in [-0.2, 0) is 11.0 Å². The summed E-state index contributed by atoms with van der Waals surface area (Å²) in [4.78, 5) is 4.35. The van der Waals surface area contributed by atoms with Crippen LogP contribution in [0.1, 0.15) is 11.5 Å². The van der Waals surface area contributed by atoms with E-state index in [0.717, 1.165) is 22.5 Å². The molecule has 62 valence electrons. The third-order valence-corrected chi connectivity index (χ3v) is 2.15. The molecular formula is C7H12IN3. The Balaban J connectivity index is 2.83. The van der Waals surface area contributed by atoms with Crippen molar-refractivity contribution in [3.05, 3.63) is 17.7 Å². The van der Waals surface area contributed by atoms with Crippen molar-refractivity contribution in [2.45, 2.75) is 17.9 Å². The van der Waals surface area contributed by atoms with Gasteiger partial charge in [0.2, 0.25) is 0 Å². The van der Waals surface area contributed by atoms with E-state index in [1.165, 1.54) is 0 Å². The highest BCUT2D eigenvalue weighted by molar-refractivity contribution is 14.1. The van der Waals surface area contributed by atoms with Crippen LogP contribution in [0.4, 0.5) is 0 Å². The maximum Gasteiger partial charge on any atom is 0.118 e. The van der Waals surface area contributed by atoms with Crippen LogP contribution in [0.2, 0.25) is 0 Å². The first kappa shape index (κ1) is 8.99. The maximum absolute atomic E-state index is 5.44. The summed E-state index contributed by atoms with van der Waals surface area (Å²) in [6.45, 7) is 3.56. The molecule has 0 saturated heterocycles. The van der Waals surface area contributed by atoms with Gasteiger partial charge < -0.3 is 10.3 Å². The number of halogens is 1. The molecule has 0 amide bonds. The largest absolute Gasteiger partial charge is 0.333 e. The van der Waals surface area contributed by atoms with Crippen LogP contribution in [-0.4, -0.2) is 16.1 Å². The van der Waals surface area contributed by atoms with Crippen molar-refractivity contribution in [2.75, 3.05) is 6.54 Å². The van der Waals surface area contributed by atoms with Crippen LogP contribution in [0.25, 0.3) is 0 Å². The summed E-state index contributed by atoms with van der Waals surface area (Å²) in [7, 11) is 0. The van der Waals surface area contributed by atoms with Gasteiger partial charge in [-0.25, -0.2) is 4.98 Å². The second-order valence-corrected chi connectivity index (χ2v) is 3.18. The smallest absolute Gasteiger partial charge is 0.118 e. The van der Waals surface area contributed by atoms with Gasteiger partial charge in [0.25, 0.3) is 0 Å². The van der Waals surface area contributed by atoms with E-state index in [1.54, 1.807) is 0 Å². The molecule has 4 heteroatoms. The highest BCUT2D eigenvalue weighted by Crippen LogP contribution is 2.06. The summed E-state index contributed by atoms with van der Waals surface area (Å²) < 4.78 is 3.06. The molecule has 0 saturated carbocycles. The lowest BCUT2D eigenvalue weighted by atomic mass is 10.5. The number of nitrogens with zero attached hydrogens (tertiary/aromatic N) is 2. The lowest BCUT2D eigenvalue weighted by molar-refractivity contribution is 0.683. The normalized spacial score (nSPS) is 10.5.